The van der Waals surface area contributed by atoms with Gasteiger partial charge in [-0.3, -0.25) is 4.79 Å². The number of amides is 1. The van der Waals surface area contributed by atoms with Gasteiger partial charge >= 0.3 is 0 Å². The van der Waals surface area contributed by atoms with Gasteiger partial charge in [-0.1, -0.05) is 35.5 Å². The summed E-state index contributed by atoms with van der Waals surface area (Å²) in [5.74, 6) is 0.985. The predicted molar refractivity (Wildman–Crippen MR) is 102 cm³/mol. The van der Waals surface area contributed by atoms with Crippen molar-refractivity contribution in [2.45, 2.75) is 56.7 Å². The summed E-state index contributed by atoms with van der Waals surface area (Å²) in [6.45, 7) is 2.04. The summed E-state index contributed by atoms with van der Waals surface area (Å²) in [7, 11) is 0. The summed E-state index contributed by atoms with van der Waals surface area (Å²) in [5.41, 5.74) is 3.30. The van der Waals surface area contributed by atoms with Gasteiger partial charge in [-0.2, -0.15) is 0 Å². The van der Waals surface area contributed by atoms with E-state index >= 15 is 0 Å². The number of carbonyl (C=O) groups excluding carboxylic acids is 1. The molecule has 0 radical (unpaired) electrons. The Kier molecular flexibility index (Phi) is 5.11. The highest BCUT2D eigenvalue weighted by Crippen LogP contribution is 2.34. The Morgan fingerprint density at radius 1 is 1.23 bits per heavy atom. The van der Waals surface area contributed by atoms with Crippen molar-refractivity contribution < 1.29 is 9.21 Å². The minimum atomic E-state index is 0.153. The third-order valence-corrected chi connectivity index (χ3v) is 5.58. The highest BCUT2D eigenvalue weighted by Gasteiger charge is 2.35. The maximum Gasteiger partial charge on any atom is 0.277 e. The van der Waals surface area contributed by atoms with E-state index in [1.165, 1.54) is 35.9 Å². The molecule has 1 saturated carbocycles. The van der Waals surface area contributed by atoms with Crippen LogP contribution in [0.15, 0.2) is 45.7 Å². The van der Waals surface area contributed by atoms with Gasteiger partial charge in [0.15, 0.2) is 0 Å². The first-order chi connectivity index (χ1) is 12.7. The van der Waals surface area contributed by atoms with Crippen molar-refractivity contribution in [3.8, 4) is 11.5 Å². The molecule has 0 aliphatic heterocycles. The second-order valence-corrected chi connectivity index (χ2v) is 7.89. The highest BCUT2D eigenvalue weighted by atomic mass is 32.2. The minimum Gasteiger partial charge on any atom is -0.411 e. The van der Waals surface area contributed by atoms with Crippen molar-refractivity contribution in [2.24, 2.45) is 0 Å². The first kappa shape index (κ1) is 17.3. The number of hydrogen-bond donors (Lipinski definition) is 0. The molecule has 1 heterocycles. The van der Waals surface area contributed by atoms with Crippen LogP contribution in [-0.2, 0) is 4.79 Å². The van der Waals surface area contributed by atoms with Gasteiger partial charge in [-0.25, -0.2) is 0 Å². The Bertz CT molecular complexity index is 809. The first-order valence-electron chi connectivity index (χ1n) is 9.25. The average Bonchev–Trinajstić information content (AvgIpc) is 3.38. The lowest BCUT2D eigenvalue weighted by Gasteiger charge is -2.27. The Morgan fingerprint density at radius 3 is 2.73 bits per heavy atom. The summed E-state index contributed by atoms with van der Waals surface area (Å²) in [6, 6.07) is 8.36. The maximum absolute atomic E-state index is 12.8. The largest absolute Gasteiger partial charge is 0.411 e. The quantitative estimate of drug-likeness (QED) is 0.697. The van der Waals surface area contributed by atoms with Crippen molar-refractivity contribution >= 4 is 17.7 Å². The number of hydrogen-bond acceptors (Lipinski definition) is 5. The van der Waals surface area contributed by atoms with Crippen molar-refractivity contribution in [1.82, 2.24) is 15.1 Å². The van der Waals surface area contributed by atoms with Crippen LogP contribution in [0.2, 0.25) is 0 Å². The number of rotatable bonds is 6. The summed E-state index contributed by atoms with van der Waals surface area (Å²) >= 11 is 1.33. The van der Waals surface area contributed by atoms with E-state index in [4.69, 9.17) is 4.42 Å². The number of benzene rings is 1. The topological polar surface area (TPSA) is 59.2 Å². The molecule has 0 unspecified atom stereocenters. The van der Waals surface area contributed by atoms with E-state index in [0.29, 0.717) is 22.9 Å². The molecule has 1 aromatic heterocycles. The fraction of sp³-hybridized carbons (Fsp3) is 0.450. The summed E-state index contributed by atoms with van der Waals surface area (Å²) in [6.07, 6.45) is 8.99. The van der Waals surface area contributed by atoms with Crippen molar-refractivity contribution in [2.75, 3.05) is 5.75 Å². The van der Waals surface area contributed by atoms with Crippen LogP contribution in [0, 0.1) is 6.92 Å². The Morgan fingerprint density at radius 2 is 2.04 bits per heavy atom. The molecule has 0 N–H and O–H groups in total. The number of allylic oxidation sites excluding steroid dienone is 2. The Hall–Kier alpha value is -2.08. The predicted octanol–water partition coefficient (Wildman–Crippen LogP) is 4.59. The lowest BCUT2D eigenvalue weighted by molar-refractivity contribution is -0.127. The number of aryl methyl sites for hydroxylation is 1. The molecule has 0 atom stereocenters. The monoisotopic (exact) mass is 369 g/mol. The van der Waals surface area contributed by atoms with Crippen LogP contribution < -0.4 is 0 Å². The van der Waals surface area contributed by atoms with Crippen LogP contribution >= 0.6 is 11.8 Å². The molecular formula is C20H23N3O2S. The Labute approximate surface area is 157 Å². The van der Waals surface area contributed by atoms with E-state index in [1.807, 2.05) is 36.1 Å². The molecule has 2 aromatic rings. The van der Waals surface area contributed by atoms with Crippen LogP contribution in [0.5, 0.6) is 0 Å². The van der Waals surface area contributed by atoms with Crippen LogP contribution in [0.1, 0.15) is 44.1 Å². The second-order valence-electron chi connectivity index (χ2n) is 6.96. The fourth-order valence-corrected chi connectivity index (χ4v) is 3.87. The molecule has 0 bridgehead atoms. The smallest absolute Gasteiger partial charge is 0.277 e. The lowest BCUT2D eigenvalue weighted by Crippen LogP contribution is -2.34. The van der Waals surface area contributed by atoms with E-state index in [0.717, 1.165) is 31.2 Å². The molecule has 136 valence electrons. The van der Waals surface area contributed by atoms with E-state index in [2.05, 4.69) is 16.3 Å². The third kappa shape index (κ3) is 4.01. The van der Waals surface area contributed by atoms with E-state index in [1.54, 1.807) is 0 Å². The molecule has 1 fully saturated rings. The van der Waals surface area contributed by atoms with Crippen LogP contribution in [0.25, 0.3) is 11.5 Å². The van der Waals surface area contributed by atoms with Crippen molar-refractivity contribution in [1.29, 1.82) is 0 Å². The summed E-state index contributed by atoms with van der Waals surface area (Å²) in [5, 5.41) is 8.63. The summed E-state index contributed by atoms with van der Waals surface area (Å²) in [4.78, 5) is 14.8. The Balaban J connectivity index is 1.39. The normalized spacial score (nSPS) is 17.0. The zero-order chi connectivity index (χ0) is 17.9. The fourth-order valence-electron chi connectivity index (χ4n) is 3.24. The second kappa shape index (κ2) is 7.66. The molecule has 2 aliphatic rings. The molecule has 6 heteroatoms. The summed E-state index contributed by atoms with van der Waals surface area (Å²) < 4.78 is 5.72. The van der Waals surface area contributed by atoms with Crippen molar-refractivity contribution in [3.05, 3.63) is 41.6 Å². The zero-order valence-corrected chi connectivity index (χ0v) is 15.8. The van der Waals surface area contributed by atoms with E-state index in [-0.39, 0.29) is 5.91 Å². The van der Waals surface area contributed by atoms with Gasteiger partial charge in [0.2, 0.25) is 11.8 Å². The number of nitrogens with zero attached hydrogens (tertiary/aromatic N) is 3. The number of thioether (sulfide) groups is 1. The van der Waals surface area contributed by atoms with Gasteiger partial charge in [0, 0.05) is 17.3 Å². The molecule has 0 spiro atoms. The molecular weight excluding hydrogens is 346 g/mol. The van der Waals surface area contributed by atoms with Crippen LogP contribution in [-0.4, -0.2) is 32.8 Å². The molecule has 1 amide bonds. The van der Waals surface area contributed by atoms with E-state index < -0.39 is 0 Å². The molecule has 26 heavy (non-hydrogen) atoms. The number of aromatic nitrogens is 2. The number of carbonyl (C=O) groups is 1. The maximum atomic E-state index is 12.8. The van der Waals surface area contributed by atoms with Crippen molar-refractivity contribution in [3.63, 3.8) is 0 Å². The van der Waals surface area contributed by atoms with E-state index in [9.17, 15) is 4.79 Å². The zero-order valence-electron chi connectivity index (χ0n) is 15.0. The average molecular weight is 369 g/mol. The SMILES string of the molecule is Cc1ccc(-c2nnc(SCC(=O)N(C3=CCCCC3)C3CC3)o2)cc1. The van der Waals surface area contributed by atoms with Gasteiger partial charge < -0.3 is 9.32 Å². The van der Waals surface area contributed by atoms with Crippen LogP contribution in [0.3, 0.4) is 0 Å². The molecule has 2 aliphatic carbocycles. The standard InChI is InChI=1S/C20H23N3O2S/c1-14-7-9-15(10-8-14)19-21-22-20(25-19)26-13-18(24)23(17-11-12-17)16-5-3-2-4-6-16/h5,7-10,17H,2-4,6,11-13H2,1H3. The third-order valence-electron chi connectivity index (χ3n) is 4.78. The van der Waals surface area contributed by atoms with Gasteiger partial charge in [-0.05, 0) is 57.6 Å². The van der Waals surface area contributed by atoms with Crippen LogP contribution in [0.4, 0.5) is 0 Å². The molecule has 4 rings (SSSR count). The highest BCUT2D eigenvalue weighted by molar-refractivity contribution is 7.99. The van der Waals surface area contributed by atoms with Gasteiger partial charge in [0.25, 0.3) is 5.22 Å². The molecule has 0 saturated heterocycles. The van der Waals surface area contributed by atoms with Gasteiger partial charge in [-0.15, -0.1) is 10.2 Å². The lowest BCUT2D eigenvalue weighted by atomic mass is 10.0. The molecule has 1 aromatic carbocycles. The molecule has 5 nitrogen and oxygen atoms in total. The first-order valence-corrected chi connectivity index (χ1v) is 10.2. The minimum absolute atomic E-state index is 0.153. The van der Waals surface area contributed by atoms with Gasteiger partial charge in [0.1, 0.15) is 0 Å². The van der Waals surface area contributed by atoms with Gasteiger partial charge in [0.05, 0.1) is 5.75 Å².